The molecule has 3 aromatic heterocycles. The van der Waals surface area contributed by atoms with Gasteiger partial charge in [-0.05, 0) is 16.4 Å². The summed E-state index contributed by atoms with van der Waals surface area (Å²) in [5, 5.41) is 21.2. The van der Waals surface area contributed by atoms with E-state index in [-0.39, 0.29) is 5.82 Å². The third-order valence-electron chi connectivity index (χ3n) is 2.90. The fourth-order valence-corrected chi connectivity index (χ4v) is 3.20. The number of aromatic nitrogens is 4. The summed E-state index contributed by atoms with van der Waals surface area (Å²) in [5.41, 5.74) is 0. The predicted molar refractivity (Wildman–Crippen MR) is 82.0 cm³/mol. The summed E-state index contributed by atoms with van der Waals surface area (Å²) in [7, 11) is 0. The van der Waals surface area contributed by atoms with Crippen LogP contribution in [-0.4, -0.2) is 30.4 Å². The van der Waals surface area contributed by atoms with Crippen LogP contribution in [0.5, 0.6) is 0 Å². The maximum absolute atomic E-state index is 10.9. The van der Waals surface area contributed by atoms with E-state index in [0.29, 0.717) is 29.2 Å². The van der Waals surface area contributed by atoms with E-state index in [1.165, 1.54) is 29.3 Å². The minimum atomic E-state index is -0.438. The molecule has 8 nitrogen and oxygen atoms in total. The molecule has 0 aromatic carbocycles. The van der Waals surface area contributed by atoms with Gasteiger partial charge in [0.2, 0.25) is 0 Å². The number of imidazole rings is 1. The molecule has 3 rings (SSSR count). The molecule has 0 N–H and O–H groups in total. The molecule has 0 aliphatic heterocycles. The molecule has 0 saturated carbocycles. The van der Waals surface area contributed by atoms with Crippen LogP contribution in [0.4, 0.5) is 5.82 Å². The van der Waals surface area contributed by atoms with Crippen molar-refractivity contribution < 1.29 is 9.34 Å². The van der Waals surface area contributed by atoms with Crippen LogP contribution in [-0.2, 0) is 6.54 Å². The monoisotopic (exact) mass is 337 g/mol. The lowest BCUT2D eigenvalue weighted by atomic mass is 10.5. The summed E-state index contributed by atoms with van der Waals surface area (Å²) >= 11 is 2.88. The summed E-state index contributed by atoms with van der Waals surface area (Å²) in [6.45, 7) is 2.18. The molecule has 0 fully saturated rings. The largest absolute Gasteiger partial charge is 0.410 e. The van der Waals surface area contributed by atoms with Crippen LogP contribution in [0, 0.1) is 17.0 Å². The topological polar surface area (TPSA) is 99.9 Å². The second-order valence-electron chi connectivity index (χ2n) is 4.27. The number of aryl methyl sites for hydroxylation is 1. The Bertz CT molecular complexity index is 781. The van der Waals surface area contributed by atoms with Gasteiger partial charge in [0, 0.05) is 12.7 Å². The number of nitrogens with zero attached hydrogens (tertiary/aromatic N) is 5. The van der Waals surface area contributed by atoms with Crippen molar-refractivity contribution >= 4 is 28.9 Å². The second-order valence-corrected chi connectivity index (χ2v) is 6.27. The molecule has 10 heteroatoms. The smallest absolute Gasteiger partial charge is 0.342 e. The molecule has 0 bridgehead atoms. The third-order valence-corrected chi connectivity index (χ3v) is 4.56. The van der Waals surface area contributed by atoms with Gasteiger partial charge in [-0.1, -0.05) is 17.8 Å². The highest BCUT2D eigenvalue weighted by Gasteiger charge is 2.17. The Balaban J connectivity index is 1.62. The van der Waals surface area contributed by atoms with E-state index in [2.05, 4.69) is 15.2 Å². The molecule has 0 spiro atoms. The third kappa shape index (κ3) is 3.02. The van der Waals surface area contributed by atoms with Crippen LogP contribution in [0.25, 0.3) is 10.8 Å². The zero-order valence-electron chi connectivity index (χ0n) is 11.5. The molecule has 0 radical (unpaired) electrons. The standard InChI is InChI=1S/C12H11N5O3S2/c1-8-13-7-10(17(18)19)16(8)4-6-22-12-15-14-11(20-12)9-3-2-5-21-9/h2-3,5,7H,4,6H2,1H3. The van der Waals surface area contributed by atoms with E-state index in [1.54, 1.807) is 11.5 Å². The minimum absolute atomic E-state index is 0.0112. The Labute approximate surface area is 133 Å². The van der Waals surface area contributed by atoms with Crippen LogP contribution in [0.2, 0.25) is 0 Å². The van der Waals surface area contributed by atoms with E-state index < -0.39 is 4.92 Å². The van der Waals surface area contributed by atoms with Crippen molar-refractivity contribution in [3.05, 3.63) is 39.6 Å². The van der Waals surface area contributed by atoms with Gasteiger partial charge in [0.05, 0.1) is 4.88 Å². The number of rotatable bonds is 6. The van der Waals surface area contributed by atoms with Crippen LogP contribution >= 0.6 is 23.1 Å². The average molecular weight is 337 g/mol. The highest BCUT2D eigenvalue weighted by atomic mass is 32.2. The molecule has 0 aliphatic carbocycles. The Hall–Kier alpha value is -2.20. The Morgan fingerprint density at radius 2 is 2.36 bits per heavy atom. The SMILES string of the molecule is Cc1ncc([N+](=O)[O-])n1CCSc1nnc(-c2cccs2)o1. The highest BCUT2D eigenvalue weighted by molar-refractivity contribution is 7.99. The molecular formula is C12H11N5O3S2. The molecule has 114 valence electrons. The maximum atomic E-state index is 10.9. The van der Waals surface area contributed by atoms with Gasteiger partial charge in [-0.25, -0.2) is 9.55 Å². The quantitative estimate of drug-likeness (QED) is 0.387. The zero-order chi connectivity index (χ0) is 15.5. The lowest BCUT2D eigenvalue weighted by molar-refractivity contribution is -0.392. The first-order chi connectivity index (χ1) is 10.6. The number of nitro groups is 1. The molecule has 0 saturated heterocycles. The molecule has 22 heavy (non-hydrogen) atoms. The van der Waals surface area contributed by atoms with Gasteiger partial charge >= 0.3 is 5.82 Å². The molecule has 0 amide bonds. The summed E-state index contributed by atoms with van der Waals surface area (Å²) < 4.78 is 7.11. The number of hydrogen-bond acceptors (Lipinski definition) is 8. The van der Waals surface area contributed by atoms with E-state index in [9.17, 15) is 10.1 Å². The van der Waals surface area contributed by atoms with E-state index in [1.807, 2.05) is 17.5 Å². The van der Waals surface area contributed by atoms with Gasteiger partial charge < -0.3 is 14.5 Å². The highest BCUT2D eigenvalue weighted by Crippen LogP contribution is 2.26. The van der Waals surface area contributed by atoms with Crippen molar-refractivity contribution in [3.63, 3.8) is 0 Å². The van der Waals surface area contributed by atoms with Crippen molar-refractivity contribution in [3.8, 4) is 10.8 Å². The van der Waals surface area contributed by atoms with Gasteiger partial charge in [0.25, 0.3) is 11.1 Å². The summed E-state index contributed by atoms with van der Waals surface area (Å²) in [6.07, 6.45) is 1.27. The lowest BCUT2D eigenvalue weighted by Gasteiger charge is -2.01. The van der Waals surface area contributed by atoms with Gasteiger partial charge in [-0.3, -0.25) is 0 Å². The van der Waals surface area contributed by atoms with Crippen LogP contribution in [0.15, 0.2) is 33.3 Å². The Morgan fingerprint density at radius 1 is 1.50 bits per heavy atom. The Kier molecular flexibility index (Phi) is 4.20. The fourth-order valence-electron chi connectivity index (χ4n) is 1.87. The first kappa shape index (κ1) is 14.7. The van der Waals surface area contributed by atoms with Crippen molar-refractivity contribution in [1.29, 1.82) is 0 Å². The average Bonchev–Trinajstić information content (AvgIpc) is 3.20. The first-order valence-corrected chi connectivity index (χ1v) is 8.18. The molecule has 0 unspecified atom stereocenters. The van der Waals surface area contributed by atoms with Gasteiger partial charge in [0.15, 0.2) is 5.82 Å². The zero-order valence-corrected chi connectivity index (χ0v) is 13.1. The van der Waals surface area contributed by atoms with E-state index >= 15 is 0 Å². The minimum Gasteiger partial charge on any atom is -0.410 e. The Morgan fingerprint density at radius 3 is 3.09 bits per heavy atom. The number of thiophene rings is 1. The van der Waals surface area contributed by atoms with E-state index in [4.69, 9.17) is 4.42 Å². The molecule has 0 atom stereocenters. The summed E-state index contributed by atoms with van der Waals surface area (Å²) in [4.78, 5) is 15.3. The van der Waals surface area contributed by atoms with Crippen LogP contribution in [0.1, 0.15) is 5.82 Å². The fraction of sp³-hybridized carbons (Fsp3) is 0.250. The van der Waals surface area contributed by atoms with E-state index in [0.717, 1.165) is 4.88 Å². The molecule has 3 heterocycles. The number of hydrogen-bond donors (Lipinski definition) is 0. The van der Waals surface area contributed by atoms with Crippen molar-refractivity contribution in [2.45, 2.75) is 18.7 Å². The van der Waals surface area contributed by atoms with Gasteiger partial charge in [0.1, 0.15) is 12.7 Å². The summed E-state index contributed by atoms with van der Waals surface area (Å²) in [5.74, 6) is 1.66. The van der Waals surface area contributed by atoms with Gasteiger partial charge in [-0.15, -0.1) is 21.5 Å². The second kappa shape index (κ2) is 6.28. The van der Waals surface area contributed by atoms with Crippen LogP contribution in [0.3, 0.4) is 0 Å². The van der Waals surface area contributed by atoms with Crippen molar-refractivity contribution in [2.24, 2.45) is 0 Å². The van der Waals surface area contributed by atoms with Crippen LogP contribution < -0.4 is 0 Å². The van der Waals surface area contributed by atoms with Crippen molar-refractivity contribution in [1.82, 2.24) is 19.7 Å². The molecular weight excluding hydrogens is 326 g/mol. The maximum Gasteiger partial charge on any atom is 0.342 e. The van der Waals surface area contributed by atoms with Gasteiger partial charge in [-0.2, -0.15) is 0 Å². The number of thioether (sulfide) groups is 1. The molecule has 3 aromatic rings. The summed E-state index contributed by atoms with van der Waals surface area (Å²) in [6, 6.07) is 3.82. The van der Waals surface area contributed by atoms with Crippen molar-refractivity contribution in [2.75, 3.05) is 5.75 Å². The lowest BCUT2D eigenvalue weighted by Crippen LogP contribution is -2.06. The normalized spacial score (nSPS) is 11.0. The first-order valence-electron chi connectivity index (χ1n) is 6.32. The molecule has 0 aliphatic rings. The predicted octanol–water partition coefficient (Wildman–Crippen LogP) is 3.00.